The maximum atomic E-state index is 12.8. The summed E-state index contributed by atoms with van der Waals surface area (Å²) in [6.07, 6.45) is 0.985. The number of fused-ring (bicyclic) bond motifs is 3. The molecular weight excluding hydrogens is 400 g/mol. The average Bonchev–Trinajstić information content (AvgIpc) is 3.09. The number of carbonyl (C=O) groups is 2. The van der Waals surface area contributed by atoms with Gasteiger partial charge in [-0.1, -0.05) is 12.1 Å². The number of rotatable bonds is 1. The van der Waals surface area contributed by atoms with Gasteiger partial charge in [0.15, 0.2) is 5.75 Å². The minimum absolute atomic E-state index is 0.187. The number of carbonyl (C=O) groups excluding carboxylic acids is 2. The van der Waals surface area contributed by atoms with Crippen LogP contribution in [0.2, 0.25) is 0 Å². The third-order valence-electron chi connectivity index (χ3n) is 6.01. The van der Waals surface area contributed by atoms with E-state index in [9.17, 15) is 14.8 Å². The summed E-state index contributed by atoms with van der Waals surface area (Å²) in [5.74, 6) is 0.0286. The monoisotopic (exact) mass is 428 g/mol. The van der Waals surface area contributed by atoms with Gasteiger partial charge < -0.3 is 19.4 Å². The standard InChI is InChI=1S/C23H28N2O6/c1-14-19-16(15-8-6-7-9-17(15)25(14)28)10-11-23(30-19)12-18(20(26)29-5)24(13-23)21(27)31-22(2,3)4/h6-9,18H,10-13H2,1-5H3/t18-,23?/m0/s1. The van der Waals surface area contributed by atoms with Gasteiger partial charge in [-0.2, -0.15) is 4.73 Å². The largest absolute Gasteiger partial charge is 0.618 e. The Kier molecular flexibility index (Phi) is 4.98. The lowest BCUT2D eigenvalue weighted by Crippen LogP contribution is -2.46. The second-order valence-electron chi connectivity index (χ2n) is 9.34. The van der Waals surface area contributed by atoms with Gasteiger partial charge in [-0.3, -0.25) is 4.90 Å². The van der Waals surface area contributed by atoms with Gasteiger partial charge >= 0.3 is 12.1 Å². The Labute approximate surface area is 181 Å². The molecule has 8 heteroatoms. The van der Waals surface area contributed by atoms with Crippen molar-refractivity contribution in [3.05, 3.63) is 40.7 Å². The highest BCUT2D eigenvalue weighted by atomic mass is 16.6. The van der Waals surface area contributed by atoms with E-state index in [-0.39, 0.29) is 13.0 Å². The van der Waals surface area contributed by atoms with Crippen LogP contribution >= 0.6 is 0 Å². The number of pyridine rings is 1. The molecule has 2 aliphatic heterocycles. The number of hydrogen-bond acceptors (Lipinski definition) is 6. The highest BCUT2D eigenvalue weighted by Gasteiger charge is 2.54. The number of aromatic nitrogens is 1. The summed E-state index contributed by atoms with van der Waals surface area (Å²) in [7, 11) is 1.30. The first-order chi connectivity index (χ1) is 14.6. The number of ether oxygens (including phenoxy) is 3. The maximum Gasteiger partial charge on any atom is 0.411 e. The zero-order chi connectivity index (χ0) is 22.6. The minimum atomic E-state index is -0.804. The van der Waals surface area contributed by atoms with Crippen molar-refractivity contribution in [1.82, 2.24) is 4.90 Å². The van der Waals surface area contributed by atoms with Crippen LogP contribution in [0.25, 0.3) is 10.9 Å². The van der Waals surface area contributed by atoms with Crippen molar-refractivity contribution in [2.45, 2.75) is 64.2 Å². The molecule has 31 heavy (non-hydrogen) atoms. The Morgan fingerprint density at radius 3 is 2.68 bits per heavy atom. The van der Waals surface area contributed by atoms with Crippen molar-refractivity contribution in [3.8, 4) is 5.75 Å². The van der Waals surface area contributed by atoms with Crippen molar-refractivity contribution in [1.29, 1.82) is 0 Å². The Morgan fingerprint density at radius 2 is 2.00 bits per heavy atom. The second kappa shape index (κ2) is 7.28. The van der Waals surface area contributed by atoms with E-state index in [1.165, 1.54) is 12.0 Å². The summed E-state index contributed by atoms with van der Waals surface area (Å²) >= 11 is 0. The van der Waals surface area contributed by atoms with Crippen LogP contribution in [-0.2, 0) is 20.7 Å². The number of amides is 1. The third-order valence-corrected chi connectivity index (χ3v) is 6.01. The van der Waals surface area contributed by atoms with Crippen molar-refractivity contribution in [2.24, 2.45) is 0 Å². The fourth-order valence-corrected chi connectivity index (χ4v) is 4.59. The lowest BCUT2D eigenvalue weighted by Gasteiger charge is -2.36. The third kappa shape index (κ3) is 3.64. The van der Waals surface area contributed by atoms with Gasteiger partial charge in [0.25, 0.3) is 0 Å². The van der Waals surface area contributed by atoms with Gasteiger partial charge in [0.2, 0.25) is 11.2 Å². The maximum absolute atomic E-state index is 12.8. The van der Waals surface area contributed by atoms with Gasteiger partial charge in [0, 0.05) is 25.0 Å². The fourth-order valence-electron chi connectivity index (χ4n) is 4.59. The van der Waals surface area contributed by atoms with Crippen molar-refractivity contribution in [2.75, 3.05) is 13.7 Å². The predicted molar refractivity (Wildman–Crippen MR) is 113 cm³/mol. The fraction of sp³-hybridized carbons (Fsp3) is 0.522. The summed E-state index contributed by atoms with van der Waals surface area (Å²) in [4.78, 5) is 26.7. The normalized spacial score (nSPS) is 22.9. The van der Waals surface area contributed by atoms with Crippen molar-refractivity contribution < 1.29 is 28.5 Å². The number of benzene rings is 1. The van der Waals surface area contributed by atoms with E-state index in [2.05, 4.69) is 0 Å². The molecule has 3 heterocycles. The number of hydrogen-bond donors (Lipinski definition) is 0. The summed E-state index contributed by atoms with van der Waals surface area (Å²) in [5.41, 5.74) is 0.571. The van der Waals surface area contributed by atoms with Gasteiger partial charge in [-0.05, 0) is 39.7 Å². The summed E-state index contributed by atoms with van der Waals surface area (Å²) in [6, 6.07) is 6.65. The Hall–Kier alpha value is -3.03. The molecule has 1 unspecified atom stereocenters. The number of para-hydroxylation sites is 1. The topological polar surface area (TPSA) is 92.0 Å². The molecule has 1 saturated heterocycles. The van der Waals surface area contributed by atoms with Crippen LogP contribution in [0.15, 0.2) is 24.3 Å². The molecule has 1 aromatic heterocycles. The Balaban J connectivity index is 1.71. The van der Waals surface area contributed by atoms with E-state index in [4.69, 9.17) is 14.2 Å². The van der Waals surface area contributed by atoms with Gasteiger partial charge in [-0.25, -0.2) is 9.59 Å². The first-order valence-electron chi connectivity index (χ1n) is 10.5. The molecule has 1 spiro atoms. The zero-order valence-corrected chi connectivity index (χ0v) is 18.6. The zero-order valence-electron chi connectivity index (χ0n) is 18.6. The molecule has 1 aromatic carbocycles. The first-order valence-corrected chi connectivity index (χ1v) is 10.5. The van der Waals surface area contributed by atoms with Crippen LogP contribution in [0, 0.1) is 12.1 Å². The molecule has 2 aromatic rings. The predicted octanol–water partition coefficient (Wildman–Crippen LogP) is 3.03. The smallest absolute Gasteiger partial charge is 0.411 e. The molecule has 0 radical (unpaired) electrons. The van der Waals surface area contributed by atoms with E-state index in [0.717, 1.165) is 15.7 Å². The number of likely N-dealkylation sites (tertiary alicyclic amines) is 1. The molecule has 0 saturated carbocycles. The molecule has 8 nitrogen and oxygen atoms in total. The van der Waals surface area contributed by atoms with Crippen LogP contribution in [0.1, 0.15) is 44.9 Å². The van der Waals surface area contributed by atoms with Crippen LogP contribution in [-0.4, -0.2) is 47.9 Å². The number of aryl methyl sites for hydroxylation is 1. The lowest BCUT2D eigenvalue weighted by molar-refractivity contribution is -0.584. The SMILES string of the molecule is COC(=O)[C@@H]1CC2(CCc3c(c(C)[n+]([O-])c4ccccc34)O2)CN1C(=O)OC(C)(C)C. The molecule has 0 bridgehead atoms. The van der Waals surface area contributed by atoms with Crippen LogP contribution in [0.5, 0.6) is 5.75 Å². The van der Waals surface area contributed by atoms with E-state index < -0.39 is 29.3 Å². The van der Waals surface area contributed by atoms with E-state index >= 15 is 0 Å². The molecule has 2 atom stereocenters. The number of esters is 1. The van der Waals surface area contributed by atoms with Crippen molar-refractivity contribution >= 4 is 23.0 Å². The minimum Gasteiger partial charge on any atom is -0.618 e. The number of nitrogens with zero attached hydrogens (tertiary/aromatic N) is 2. The van der Waals surface area contributed by atoms with Crippen LogP contribution < -0.4 is 9.47 Å². The Bertz CT molecular complexity index is 1060. The second-order valence-corrected chi connectivity index (χ2v) is 9.34. The van der Waals surface area contributed by atoms with E-state index in [0.29, 0.717) is 29.8 Å². The highest BCUT2D eigenvalue weighted by Crippen LogP contribution is 2.44. The van der Waals surface area contributed by atoms with Gasteiger partial charge in [0.1, 0.15) is 17.2 Å². The summed E-state index contributed by atoms with van der Waals surface area (Å²) in [5, 5.41) is 13.7. The molecule has 1 fully saturated rings. The lowest BCUT2D eigenvalue weighted by atomic mass is 9.87. The number of methoxy groups -OCH3 is 1. The van der Waals surface area contributed by atoms with E-state index in [1.54, 1.807) is 33.8 Å². The quantitative estimate of drug-likeness (QED) is 0.394. The van der Waals surface area contributed by atoms with Crippen LogP contribution in [0.4, 0.5) is 4.79 Å². The highest BCUT2D eigenvalue weighted by molar-refractivity contribution is 5.84. The Morgan fingerprint density at radius 1 is 1.29 bits per heavy atom. The average molecular weight is 428 g/mol. The molecule has 0 aliphatic carbocycles. The molecule has 166 valence electrons. The molecule has 0 N–H and O–H groups in total. The van der Waals surface area contributed by atoms with Crippen molar-refractivity contribution in [3.63, 3.8) is 0 Å². The molecule has 4 rings (SSSR count). The van der Waals surface area contributed by atoms with Crippen LogP contribution in [0.3, 0.4) is 0 Å². The molecule has 2 aliphatic rings. The summed E-state index contributed by atoms with van der Waals surface area (Å²) < 4.78 is 17.8. The first kappa shape index (κ1) is 21.2. The van der Waals surface area contributed by atoms with Gasteiger partial charge in [-0.15, -0.1) is 0 Å². The molecule has 1 amide bonds. The molecular formula is C23H28N2O6. The van der Waals surface area contributed by atoms with Gasteiger partial charge in [0.05, 0.1) is 19.0 Å². The summed E-state index contributed by atoms with van der Waals surface area (Å²) in [6.45, 7) is 7.25. The van der Waals surface area contributed by atoms with E-state index in [1.807, 2.05) is 18.2 Å².